The Morgan fingerprint density at radius 1 is 1.09 bits per heavy atom. The molecule has 2 aromatic carbocycles. The number of ether oxygens (including phenoxy) is 1. The van der Waals surface area contributed by atoms with E-state index in [1.165, 1.54) is 0 Å². The van der Waals surface area contributed by atoms with E-state index >= 15 is 0 Å². The van der Waals surface area contributed by atoms with Crippen LogP contribution in [0, 0.1) is 6.92 Å². The molecule has 0 radical (unpaired) electrons. The van der Waals surface area contributed by atoms with Gasteiger partial charge in [0, 0.05) is 11.1 Å². The molecule has 4 aromatic rings. The number of carbonyl (C=O) groups excluding carboxylic acids is 2. The number of allylic oxidation sites excluding steroid dienone is 1. The van der Waals surface area contributed by atoms with E-state index in [0.717, 1.165) is 40.0 Å². The first-order valence-corrected chi connectivity index (χ1v) is 10.8. The Hall–Kier alpha value is -4.19. The summed E-state index contributed by atoms with van der Waals surface area (Å²) in [5.41, 5.74) is 5.51. The number of carbonyl (C=O) groups is 2. The van der Waals surface area contributed by atoms with Gasteiger partial charge in [-0.05, 0) is 72.9 Å². The molecule has 2 heterocycles. The molecule has 33 heavy (non-hydrogen) atoms. The zero-order chi connectivity index (χ0) is 22.8. The first-order valence-electron chi connectivity index (χ1n) is 10.8. The van der Waals surface area contributed by atoms with Crippen LogP contribution in [0.25, 0.3) is 22.6 Å². The highest BCUT2D eigenvalue weighted by molar-refractivity contribution is 6.07. The molecule has 0 saturated carbocycles. The number of para-hydroxylation sites is 1. The number of fused-ring (bicyclic) bond motifs is 2. The Morgan fingerprint density at radius 2 is 1.97 bits per heavy atom. The summed E-state index contributed by atoms with van der Waals surface area (Å²) in [6.45, 7) is 1.58. The third kappa shape index (κ3) is 4.28. The topological polar surface area (TPSA) is 81.4 Å². The number of benzene rings is 2. The molecule has 5 rings (SSSR count). The van der Waals surface area contributed by atoms with Crippen molar-refractivity contribution in [2.45, 2.75) is 19.8 Å². The van der Waals surface area contributed by atoms with Gasteiger partial charge in [0.05, 0.1) is 23.0 Å². The van der Waals surface area contributed by atoms with Crippen molar-refractivity contribution in [1.82, 2.24) is 4.98 Å². The molecule has 2 aromatic heterocycles. The van der Waals surface area contributed by atoms with Crippen molar-refractivity contribution in [3.05, 3.63) is 95.1 Å². The fourth-order valence-electron chi connectivity index (χ4n) is 4.18. The number of rotatable bonds is 5. The van der Waals surface area contributed by atoms with Gasteiger partial charge in [-0.1, -0.05) is 30.3 Å². The van der Waals surface area contributed by atoms with Gasteiger partial charge >= 0.3 is 5.97 Å². The number of nitrogens with one attached hydrogen (secondary N) is 1. The zero-order valence-electron chi connectivity index (χ0n) is 18.1. The van der Waals surface area contributed by atoms with Crippen LogP contribution < -0.4 is 5.32 Å². The normalized spacial score (nSPS) is 13.8. The average Bonchev–Trinajstić information content (AvgIpc) is 3.46. The summed E-state index contributed by atoms with van der Waals surface area (Å²) in [4.78, 5) is 30.4. The lowest BCUT2D eigenvalue weighted by Crippen LogP contribution is -2.21. The number of pyridine rings is 1. The maximum absolute atomic E-state index is 13.2. The van der Waals surface area contributed by atoms with E-state index in [1.54, 1.807) is 12.3 Å². The molecular weight excluding hydrogens is 416 g/mol. The highest BCUT2D eigenvalue weighted by Gasteiger charge is 2.28. The summed E-state index contributed by atoms with van der Waals surface area (Å²) in [6.07, 6.45) is 4.99. The number of esters is 1. The minimum absolute atomic E-state index is 0.368. The van der Waals surface area contributed by atoms with Gasteiger partial charge in [-0.25, -0.2) is 9.78 Å². The molecule has 0 spiro atoms. The van der Waals surface area contributed by atoms with E-state index in [-0.39, 0.29) is 12.5 Å². The van der Waals surface area contributed by atoms with E-state index < -0.39 is 5.97 Å². The van der Waals surface area contributed by atoms with Gasteiger partial charge < -0.3 is 14.5 Å². The Morgan fingerprint density at radius 3 is 2.79 bits per heavy atom. The highest BCUT2D eigenvalue weighted by atomic mass is 16.5. The number of aryl methyl sites for hydroxylation is 1. The van der Waals surface area contributed by atoms with Gasteiger partial charge in [0.1, 0.15) is 5.76 Å². The Labute approximate surface area is 190 Å². The van der Waals surface area contributed by atoms with E-state index in [4.69, 9.17) is 14.1 Å². The molecule has 6 heteroatoms. The van der Waals surface area contributed by atoms with Crippen LogP contribution in [-0.4, -0.2) is 23.5 Å². The standard InChI is InChI=1S/C27H22N2O4/c1-17-6-4-7-19(14-17)28-24(30)16-33-27(31)25-21-9-2-3-10-23(21)29-26-18(11-12-22(25)26)15-20-8-5-13-32-20/h2-10,13-15H,11-12,16H2,1H3,(H,28,30)/b18-15-. The van der Waals surface area contributed by atoms with Gasteiger partial charge in [0.25, 0.3) is 5.91 Å². The van der Waals surface area contributed by atoms with Crippen molar-refractivity contribution in [1.29, 1.82) is 0 Å². The van der Waals surface area contributed by atoms with Gasteiger partial charge in [0.15, 0.2) is 6.61 Å². The lowest BCUT2D eigenvalue weighted by atomic mass is 10.0. The highest BCUT2D eigenvalue weighted by Crippen LogP contribution is 2.37. The summed E-state index contributed by atoms with van der Waals surface area (Å²) in [5, 5.41) is 3.48. The molecule has 0 fully saturated rings. The first kappa shape index (κ1) is 20.7. The molecular formula is C27H22N2O4. The first-order chi connectivity index (χ1) is 16.1. The van der Waals surface area contributed by atoms with Crippen molar-refractivity contribution in [2.75, 3.05) is 11.9 Å². The van der Waals surface area contributed by atoms with E-state index in [0.29, 0.717) is 23.2 Å². The van der Waals surface area contributed by atoms with Crippen LogP contribution in [0.15, 0.2) is 71.3 Å². The van der Waals surface area contributed by atoms with Gasteiger partial charge in [-0.2, -0.15) is 0 Å². The number of anilines is 1. The van der Waals surface area contributed by atoms with Gasteiger partial charge in [-0.3, -0.25) is 4.79 Å². The maximum Gasteiger partial charge on any atom is 0.339 e. The second-order valence-corrected chi connectivity index (χ2v) is 8.01. The number of furan rings is 1. The molecule has 0 bridgehead atoms. The third-order valence-corrected chi connectivity index (χ3v) is 5.64. The summed E-state index contributed by atoms with van der Waals surface area (Å²) in [6, 6.07) is 18.7. The van der Waals surface area contributed by atoms with Crippen LogP contribution in [0.2, 0.25) is 0 Å². The van der Waals surface area contributed by atoms with Crippen LogP contribution in [0.4, 0.5) is 5.69 Å². The van der Waals surface area contributed by atoms with Gasteiger partial charge in [-0.15, -0.1) is 0 Å². The minimum Gasteiger partial charge on any atom is -0.465 e. The largest absolute Gasteiger partial charge is 0.465 e. The van der Waals surface area contributed by atoms with Crippen LogP contribution in [0.3, 0.4) is 0 Å². The van der Waals surface area contributed by atoms with Crippen LogP contribution in [0.1, 0.15) is 39.4 Å². The quantitative estimate of drug-likeness (QED) is 0.421. The summed E-state index contributed by atoms with van der Waals surface area (Å²) in [5.74, 6) is -0.171. The monoisotopic (exact) mass is 438 g/mol. The predicted octanol–water partition coefficient (Wildman–Crippen LogP) is 5.42. The second kappa shape index (κ2) is 8.74. The fourth-order valence-corrected chi connectivity index (χ4v) is 4.18. The third-order valence-electron chi connectivity index (χ3n) is 5.64. The molecule has 164 valence electrons. The molecule has 1 N–H and O–H groups in total. The van der Waals surface area contributed by atoms with Crippen LogP contribution in [-0.2, 0) is 16.0 Å². The molecule has 0 saturated heterocycles. The number of aromatic nitrogens is 1. The molecule has 1 aliphatic carbocycles. The number of amides is 1. The Balaban J connectivity index is 1.43. The lowest BCUT2D eigenvalue weighted by molar-refractivity contribution is -0.119. The molecule has 0 unspecified atom stereocenters. The SMILES string of the molecule is Cc1cccc(NC(=O)COC(=O)c2c3c(nc4ccccc24)/C(=C\c2ccco2)CC3)c1. The lowest BCUT2D eigenvalue weighted by Gasteiger charge is -2.12. The zero-order valence-corrected chi connectivity index (χ0v) is 18.1. The average molecular weight is 438 g/mol. The van der Waals surface area contributed by atoms with E-state index in [9.17, 15) is 9.59 Å². The molecule has 1 aliphatic rings. The van der Waals surface area contributed by atoms with Crippen molar-refractivity contribution in [3.8, 4) is 0 Å². The molecule has 6 nitrogen and oxygen atoms in total. The molecule has 1 amide bonds. The van der Waals surface area contributed by atoms with Crippen LogP contribution >= 0.6 is 0 Å². The smallest absolute Gasteiger partial charge is 0.339 e. The minimum atomic E-state index is -0.525. The molecule has 0 aliphatic heterocycles. The Bertz CT molecular complexity index is 1390. The van der Waals surface area contributed by atoms with Gasteiger partial charge in [0.2, 0.25) is 0 Å². The second-order valence-electron chi connectivity index (χ2n) is 8.01. The summed E-state index contributed by atoms with van der Waals surface area (Å²) >= 11 is 0. The predicted molar refractivity (Wildman–Crippen MR) is 127 cm³/mol. The summed E-state index contributed by atoms with van der Waals surface area (Å²) in [7, 11) is 0. The number of hydrogen-bond donors (Lipinski definition) is 1. The van der Waals surface area contributed by atoms with Crippen molar-refractivity contribution in [3.63, 3.8) is 0 Å². The number of nitrogens with zero attached hydrogens (tertiary/aromatic N) is 1. The summed E-state index contributed by atoms with van der Waals surface area (Å²) < 4.78 is 10.9. The van der Waals surface area contributed by atoms with E-state index in [2.05, 4.69) is 5.32 Å². The van der Waals surface area contributed by atoms with Crippen LogP contribution in [0.5, 0.6) is 0 Å². The fraction of sp³-hybridized carbons (Fsp3) is 0.148. The number of hydrogen-bond acceptors (Lipinski definition) is 5. The van der Waals surface area contributed by atoms with Crippen molar-refractivity contribution in [2.24, 2.45) is 0 Å². The van der Waals surface area contributed by atoms with Crippen molar-refractivity contribution < 1.29 is 18.7 Å². The van der Waals surface area contributed by atoms with Crippen molar-refractivity contribution >= 4 is 40.1 Å². The molecule has 0 atom stereocenters. The Kier molecular flexibility index (Phi) is 5.48. The van der Waals surface area contributed by atoms with E-state index in [1.807, 2.05) is 67.6 Å². The maximum atomic E-state index is 13.2.